The van der Waals surface area contributed by atoms with Crippen LogP contribution in [-0.4, -0.2) is 10.7 Å². The van der Waals surface area contributed by atoms with Crippen LogP contribution in [0.3, 0.4) is 0 Å². The summed E-state index contributed by atoms with van der Waals surface area (Å²) in [5.41, 5.74) is 0.584. The summed E-state index contributed by atoms with van der Waals surface area (Å²) in [5.74, 6) is -0.537. The lowest BCUT2D eigenvalue weighted by molar-refractivity contribution is -0.384. The van der Waals surface area contributed by atoms with E-state index in [1.54, 1.807) is 24.3 Å². The Morgan fingerprint density at radius 3 is 2.48 bits per heavy atom. The van der Waals surface area contributed by atoms with Crippen molar-refractivity contribution in [3.05, 3.63) is 81.4 Å². The molecule has 2 aromatic rings. The fourth-order valence-electron chi connectivity index (χ4n) is 1.78. The minimum Gasteiger partial charge on any atom is -0.288 e. The molecule has 0 saturated heterocycles. The number of nitriles is 1. The first-order chi connectivity index (χ1) is 10.1. The van der Waals surface area contributed by atoms with Crippen LogP contribution in [0.2, 0.25) is 0 Å². The minimum atomic E-state index is -0.580. The number of allylic oxidation sites excluding steroid dienone is 1. The molecule has 0 radical (unpaired) electrons. The molecule has 0 spiro atoms. The molecule has 2 rings (SSSR count). The van der Waals surface area contributed by atoms with Crippen molar-refractivity contribution in [2.24, 2.45) is 0 Å². The second-order valence-corrected chi connectivity index (χ2v) is 4.22. The SMILES string of the molecule is N#C/C(=C\c1ccccc1)C(=O)c1cccc([N+](=O)[O-])c1. The molecule has 0 heterocycles. The van der Waals surface area contributed by atoms with Gasteiger partial charge in [0, 0.05) is 17.7 Å². The maximum atomic E-state index is 12.2. The average Bonchev–Trinajstić information content (AvgIpc) is 2.53. The second-order valence-electron chi connectivity index (χ2n) is 4.22. The number of nitro benzene ring substituents is 1. The summed E-state index contributed by atoms with van der Waals surface area (Å²) in [7, 11) is 0. The molecule has 102 valence electrons. The first kappa shape index (κ1) is 14.2. The molecule has 0 bridgehead atoms. The van der Waals surface area contributed by atoms with Gasteiger partial charge in [0.1, 0.15) is 11.6 Å². The third kappa shape index (κ3) is 3.39. The van der Waals surface area contributed by atoms with E-state index in [9.17, 15) is 14.9 Å². The lowest BCUT2D eigenvalue weighted by atomic mass is 10.0. The van der Waals surface area contributed by atoms with Crippen LogP contribution in [0.15, 0.2) is 60.2 Å². The van der Waals surface area contributed by atoms with Crippen molar-refractivity contribution in [1.29, 1.82) is 5.26 Å². The van der Waals surface area contributed by atoms with Gasteiger partial charge in [-0.2, -0.15) is 5.26 Å². The summed E-state index contributed by atoms with van der Waals surface area (Å²) in [6.07, 6.45) is 1.46. The molecule has 0 atom stereocenters. The molecule has 0 aromatic heterocycles. The summed E-state index contributed by atoms with van der Waals surface area (Å²) in [5, 5.41) is 19.8. The Morgan fingerprint density at radius 1 is 1.14 bits per heavy atom. The number of nitro groups is 1. The molecule has 0 aliphatic rings. The van der Waals surface area contributed by atoms with Crippen LogP contribution in [0, 0.1) is 21.4 Å². The Kier molecular flexibility index (Phi) is 4.22. The van der Waals surface area contributed by atoms with E-state index in [1.165, 1.54) is 30.3 Å². The van der Waals surface area contributed by atoms with Crippen molar-refractivity contribution < 1.29 is 9.72 Å². The van der Waals surface area contributed by atoms with E-state index in [1.807, 2.05) is 12.1 Å². The van der Waals surface area contributed by atoms with Crippen molar-refractivity contribution in [1.82, 2.24) is 0 Å². The summed E-state index contributed by atoms with van der Waals surface area (Å²) in [4.78, 5) is 22.4. The Balaban J connectivity index is 2.38. The van der Waals surface area contributed by atoms with Gasteiger partial charge in [0.05, 0.1) is 4.92 Å². The Hall–Kier alpha value is -3.26. The van der Waals surface area contributed by atoms with Crippen molar-refractivity contribution in [3.8, 4) is 6.07 Å². The predicted octanol–water partition coefficient (Wildman–Crippen LogP) is 3.38. The first-order valence-corrected chi connectivity index (χ1v) is 6.08. The van der Waals surface area contributed by atoms with E-state index >= 15 is 0 Å². The van der Waals surface area contributed by atoms with Crippen LogP contribution in [0.4, 0.5) is 5.69 Å². The van der Waals surface area contributed by atoms with Crippen LogP contribution in [-0.2, 0) is 0 Å². The van der Waals surface area contributed by atoms with Gasteiger partial charge in [0.25, 0.3) is 5.69 Å². The van der Waals surface area contributed by atoms with Gasteiger partial charge in [-0.05, 0) is 11.6 Å². The summed E-state index contributed by atoms with van der Waals surface area (Å²) < 4.78 is 0. The highest BCUT2D eigenvalue weighted by Gasteiger charge is 2.15. The smallest absolute Gasteiger partial charge is 0.270 e. The van der Waals surface area contributed by atoms with E-state index in [0.717, 1.165) is 0 Å². The van der Waals surface area contributed by atoms with Gasteiger partial charge in [-0.1, -0.05) is 42.5 Å². The summed E-state index contributed by atoms with van der Waals surface area (Å²) in [6, 6.07) is 16.1. The number of hydrogen-bond donors (Lipinski definition) is 0. The van der Waals surface area contributed by atoms with Crippen LogP contribution in [0.25, 0.3) is 6.08 Å². The van der Waals surface area contributed by atoms with Gasteiger partial charge >= 0.3 is 0 Å². The molecule has 0 aliphatic heterocycles. The Labute approximate surface area is 120 Å². The Bertz CT molecular complexity index is 759. The molecule has 0 fully saturated rings. The van der Waals surface area contributed by atoms with Crippen molar-refractivity contribution in [2.75, 3.05) is 0 Å². The number of benzene rings is 2. The number of non-ortho nitro benzene ring substituents is 1. The van der Waals surface area contributed by atoms with Crippen LogP contribution >= 0.6 is 0 Å². The highest BCUT2D eigenvalue weighted by molar-refractivity contribution is 6.14. The summed E-state index contributed by atoms with van der Waals surface area (Å²) >= 11 is 0. The van der Waals surface area contributed by atoms with Gasteiger partial charge in [-0.25, -0.2) is 0 Å². The summed E-state index contributed by atoms with van der Waals surface area (Å²) in [6.45, 7) is 0. The number of nitrogens with zero attached hydrogens (tertiary/aromatic N) is 2. The van der Waals surface area contributed by atoms with Gasteiger partial charge in [-0.15, -0.1) is 0 Å². The van der Waals surface area contributed by atoms with E-state index in [-0.39, 0.29) is 16.8 Å². The zero-order valence-corrected chi connectivity index (χ0v) is 10.9. The highest BCUT2D eigenvalue weighted by Crippen LogP contribution is 2.17. The number of hydrogen-bond acceptors (Lipinski definition) is 4. The fraction of sp³-hybridized carbons (Fsp3) is 0. The van der Waals surface area contributed by atoms with E-state index < -0.39 is 10.7 Å². The van der Waals surface area contributed by atoms with Crippen molar-refractivity contribution >= 4 is 17.5 Å². The zero-order valence-electron chi connectivity index (χ0n) is 10.9. The van der Waals surface area contributed by atoms with Crippen LogP contribution in [0.5, 0.6) is 0 Å². The largest absolute Gasteiger partial charge is 0.288 e. The fourth-order valence-corrected chi connectivity index (χ4v) is 1.78. The molecular weight excluding hydrogens is 268 g/mol. The van der Waals surface area contributed by atoms with Crippen LogP contribution in [0.1, 0.15) is 15.9 Å². The predicted molar refractivity (Wildman–Crippen MR) is 77.5 cm³/mol. The maximum Gasteiger partial charge on any atom is 0.270 e. The monoisotopic (exact) mass is 278 g/mol. The van der Waals surface area contributed by atoms with Gasteiger partial charge in [0.15, 0.2) is 0 Å². The van der Waals surface area contributed by atoms with Gasteiger partial charge in [0.2, 0.25) is 5.78 Å². The number of carbonyl (C=O) groups is 1. The molecule has 2 aromatic carbocycles. The number of ketones is 1. The minimum absolute atomic E-state index is 0.0679. The lowest BCUT2D eigenvalue weighted by Crippen LogP contribution is -2.02. The van der Waals surface area contributed by atoms with E-state index in [2.05, 4.69) is 0 Å². The lowest BCUT2D eigenvalue weighted by Gasteiger charge is -2.00. The number of carbonyl (C=O) groups excluding carboxylic acids is 1. The van der Waals surface area contributed by atoms with Gasteiger partial charge in [-0.3, -0.25) is 14.9 Å². The molecule has 0 aliphatic carbocycles. The molecule has 0 N–H and O–H groups in total. The average molecular weight is 278 g/mol. The normalized spacial score (nSPS) is 10.7. The Morgan fingerprint density at radius 2 is 1.86 bits per heavy atom. The standard InChI is InChI=1S/C16H10N2O3/c17-11-14(9-12-5-2-1-3-6-12)16(19)13-7-4-8-15(10-13)18(20)21/h1-10H/b14-9+. The highest BCUT2D eigenvalue weighted by atomic mass is 16.6. The topological polar surface area (TPSA) is 84.0 Å². The third-order valence-electron chi connectivity index (χ3n) is 2.79. The van der Waals surface area contributed by atoms with E-state index in [4.69, 9.17) is 5.26 Å². The first-order valence-electron chi connectivity index (χ1n) is 6.08. The molecule has 0 amide bonds. The number of Topliss-reactive ketones (excluding diaryl/α,β-unsaturated/α-hetero) is 1. The molecule has 21 heavy (non-hydrogen) atoms. The number of rotatable bonds is 4. The van der Waals surface area contributed by atoms with E-state index in [0.29, 0.717) is 5.56 Å². The molecule has 0 unspecified atom stereocenters. The zero-order chi connectivity index (χ0) is 15.2. The van der Waals surface area contributed by atoms with Crippen molar-refractivity contribution in [2.45, 2.75) is 0 Å². The second kappa shape index (κ2) is 6.26. The van der Waals surface area contributed by atoms with Crippen molar-refractivity contribution in [3.63, 3.8) is 0 Å². The van der Waals surface area contributed by atoms with Gasteiger partial charge < -0.3 is 0 Å². The quantitative estimate of drug-likeness (QED) is 0.282. The molecule has 5 heteroatoms. The molecule has 0 saturated carbocycles. The van der Waals surface area contributed by atoms with Crippen LogP contribution < -0.4 is 0 Å². The third-order valence-corrected chi connectivity index (χ3v) is 2.79. The molecule has 5 nitrogen and oxygen atoms in total. The maximum absolute atomic E-state index is 12.2. The molecular formula is C16H10N2O3.